The van der Waals surface area contributed by atoms with Crippen molar-refractivity contribution in [3.8, 4) is 0 Å². The molecule has 1 aliphatic heterocycles. The van der Waals surface area contributed by atoms with Crippen LogP contribution in [0.2, 0.25) is 0 Å². The third kappa shape index (κ3) is 4.99. The van der Waals surface area contributed by atoms with E-state index < -0.39 is 0 Å². The van der Waals surface area contributed by atoms with Gasteiger partial charge in [0.15, 0.2) is 0 Å². The summed E-state index contributed by atoms with van der Waals surface area (Å²) in [5.74, 6) is 0.618. The minimum atomic E-state index is -0.228. The van der Waals surface area contributed by atoms with E-state index in [0.717, 1.165) is 42.9 Å². The van der Waals surface area contributed by atoms with Crippen molar-refractivity contribution in [3.05, 3.63) is 0 Å². The van der Waals surface area contributed by atoms with Gasteiger partial charge in [0.1, 0.15) is 0 Å². The molecule has 2 fully saturated rings. The normalized spacial score (nSPS) is 25.8. The van der Waals surface area contributed by atoms with Gasteiger partial charge in [-0.2, -0.15) is 5.06 Å². The van der Waals surface area contributed by atoms with Crippen molar-refractivity contribution in [2.24, 2.45) is 0 Å². The van der Waals surface area contributed by atoms with Gasteiger partial charge in [-0.05, 0) is 25.0 Å². The van der Waals surface area contributed by atoms with Gasteiger partial charge in [-0.1, -0.05) is 45.4 Å². The lowest BCUT2D eigenvalue weighted by Gasteiger charge is -2.22. The van der Waals surface area contributed by atoms with Gasteiger partial charge >= 0.3 is 0 Å². The van der Waals surface area contributed by atoms with E-state index in [1.807, 2.05) is 0 Å². The summed E-state index contributed by atoms with van der Waals surface area (Å²) < 4.78 is 0. The molecule has 2 aliphatic rings. The number of amides is 2. The summed E-state index contributed by atoms with van der Waals surface area (Å²) >= 11 is 1.58. The summed E-state index contributed by atoms with van der Waals surface area (Å²) in [7, 11) is 0. The number of carbonyl (C=O) groups is 2. The molecule has 1 saturated carbocycles. The Morgan fingerprint density at radius 3 is 2.33 bits per heavy atom. The molecule has 1 aliphatic carbocycles. The maximum atomic E-state index is 12.3. The van der Waals surface area contributed by atoms with E-state index in [-0.39, 0.29) is 23.2 Å². The van der Waals surface area contributed by atoms with E-state index in [1.54, 1.807) is 11.8 Å². The number of carbonyl (C=O) groups excluding carboxylic acids is 2. The van der Waals surface area contributed by atoms with E-state index in [4.69, 9.17) is 4.84 Å². The lowest BCUT2D eigenvalue weighted by Crippen LogP contribution is -2.35. The SMILES string of the molecule is CCCSC1CC(=O)N(OC2CCCCCCCC2)C1=O. The van der Waals surface area contributed by atoms with Crippen molar-refractivity contribution in [1.82, 2.24) is 5.06 Å². The minimum absolute atomic E-state index is 0.0333. The van der Waals surface area contributed by atoms with Gasteiger partial charge in [-0.15, -0.1) is 11.8 Å². The average molecular weight is 313 g/mol. The van der Waals surface area contributed by atoms with E-state index >= 15 is 0 Å². The molecule has 1 unspecified atom stereocenters. The maximum absolute atomic E-state index is 12.3. The van der Waals surface area contributed by atoms with Crippen LogP contribution in [0.3, 0.4) is 0 Å². The molecule has 0 bridgehead atoms. The Morgan fingerprint density at radius 1 is 1.10 bits per heavy atom. The highest BCUT2D eigenvalue weighted by Gasteiger charge is 2.41. The summed E-state index contributed by atoms with van der Waals surface area (Å²) in [4.78, 5) is 30.1. The molecule has 21 heavy (non-hydrogen) atoms. The Morgan fingerprint density at radius 2 is 1.71 bits per heavy atom. The fourth-order valence-electron chi connectivity index (χ4n) is 2.93. The number of hydrogen-bond acceptors (Lipinski definition) is 4. The van der Waals surface area contributed by atoms with Gasteiger partial charge < -0.3 is 0 Å². The lowest BCUT2D eigenvalue weighted by atomic mass is 10.1. The predicted octanol–water partition coefficient (Wildman–Crippen LogP) is 3.69. The first kappa shape index (κ1) is 16.8. The molecule has 0 aromatic carbocycles. The van der Waals surface area contributed by atoms with Gasteiger partial charge in [0, 0.05) is 0 Å². The number of hydrogen-bond donors (Lipinski definition) is 0. The molecule has 0 aromatic rings. The molecular weight excluding hydrogens is 286 g/mol. The molecule has 5 heteroatoms. The Labute approximate surface area is 131 Å². The smallest absolute Gasteiger partial charge is 0.267 e. The maximum Gasteiger partial charge on any atom is 0.267 e. The summed E-state index contributed by atoms with van der Waals surface area (Å²) in [5.41, 5.74) is 0. The monoisotopic (exact) mass is 313 g/mol. The van der Waals surface area contributed by atoms with Crippen LogP contribution in [0.15, 0.2) is 0 Å². The minimum Gasteiger partial charge on any atom is -0.272 e. The van der Waals surface area contributed by atoms with Crippen LogP contribution >= 0.6 is 11.8 Å². The number of nitrogens with zero attached hydrogens (tertiary/aromatic N) is 1. The molecule has 120 valence electrons. The molecule has 0 spiro atoms. The number of hydroxylamine groups is 2. The van der Waals surface area contributed by atoms with E-state index in [2.05, 4.69) is 6.92 Å². The third-order valence-electron chi connectivity index (χ3n) is 4.14. The Hall–Kier alpha value is -0.550. The van der Waals surface area contributed by atoms with Crippen LogP contribution in [-0.4, -0.2) is 34.0 Å². The van der Waals surface area contributed by atoms with Crippen LogP contribution in [0, 0.1) is 0 Å². The standard InChI is InChI=1S/C16H27NO3S/c1-2-11-21-14-12-15(18)17(16(14)19)20-13-9-7-5-3-4-6-8-10-13/h13-14H,2-12H2,1H3. The Kier molecular flexibility index (Phi) is 7.04. The van der Waals surface area contributed by atoms with Gasteiger partial charge in [-0.25, -0.2) is 0 Å². The van der Waals surface area contributed by atoms with E-state index in [0.29, 0.717) is 6.42 Å². The van der Waals surface area contributed by atoms with Gasteiger partial charge in [0.05, 0.1) is 17.8 Å². The van der Waals surface area contributed by atoms with Crippen LogP contribution < -0.4 is 0 Å². The van der Waals surface area contributed by atoms with Crippen LogP contribution in [0.4, 0.5) is 0 Å². The number of thioether (sulfide) groups is 1. The van der Waals surface area contributed by atoms with E-state index in [1.165, 1.54) is 25.7 Å². The summed E-state index contributed by atoms with van der Waals surface area (Å²) in [6, 6.07) is 0. The highest BCUT2D eigenvalue weighted by molar-refractivity contribution is 8.00. The second kappa shape index (κ2) is 8.79. The van der Waals surface area contributed by atoms with Crippen molar-refractivity contribution >= 4 is 23.6 Å². The van der Waals surface area contributed by atoms with E-state index in [9.17, 15) is 9.59 Å². The van der Waals surface area contributed by atoms with Crippen LogP contribution in [0.1, 0.15) is 71.1 Å². The number of imide groups is 1. The van der Waals surface area contributed by atoms with Crippen LogP contribution in [0.5, 0.6) is 0 Å². The summed E-state index contributed by atoms with van der Waals surface area (Å²) in [6.45, 7) is 2.08. The van der Waals surface area contributed by atoms with Crippen molar-refractivity contribution in [2.75, 3.05) is 5.75 Å². The molecular formula is C16H27NO3S. The zero-order valence-electron chi connectivity index (χ0n) is 13.0. The first-order chi connectivity index (χ1) is 10.2. The third-order valence-corrected chi connectivity index (χ3v) is 5.56. The fraction of sp³-hybridized carbons (Fsp3) is 0.875. The molecule has 0 radical (unpaired) electrons. The summed E-state index contributed by atoms with van der Waals surface area (Å²) in [5, 5.41) is 0.851. The van der Waals surface area contributed by atoms with Gasteiger partial charge in [0.25, 0.3) is 11.8 Å². The lowest BCUT2D eigenvalue weighted by molar-refractivity contribution is -0.204. The van der Waals surface area contributed by atoms with Gasteiger partial charge in [0.2, 0.25) is 0 Å². The molecule has 4 nitrogen and oxygen atoms in total. The zero-order chi connectivity index (χ0) is 15.1. The van der Waals surface area contributed by atoms with Crippen molar-refractivity contribution in [3.63, 3.8) is 0 Å². The molecule has 2 amide bonds. The predicted molar refractivity (Wildman–Crippen MR) is 84.8 cm³/mol. The van der Waals surface area contributed by atoms with Gasteiger partial charge in [-0.3, -0.25) is 14.4 Å². The Balaban J connectivity index is 1.87. The molecule has 0 N–H and O–H groups in total. The quantitative estimate of drug-likeness (QED) is 0.726. The average Bonchev–Trinajstić information content (AvgIpc) is 2.81. The molecule has 0 aromatic heterocycles. The topological polar surface area (TPSA) is 46.6 Å². The molecule has 2 rings (SSSR count). The highest BCUT2D eigenvalue weighted by Crippen LogP contribution is 2.28. The largest absolute Gasteiger partial charge is 0.272 e. The summed E-state index contributed by atoms with van der Waals surface area (Å²) in [6.07, 6.45) is 10.6. The Bertz CT molecular complexity index is 351. The fourth-order valence-corrected chi connectivity index (χ4v) is 3.95. The number of rotatable bonds is 5. The second-order valence-electron chi connectivity index (χ2n) is 6.02. The highest BCUT2D eigenvalue weighted by atomic mass is 32.2. The van der Waals surface area contributed by atoms with Crippen LogP contribution in [0.25, 0.3) is 0 Å². The molecule has 1 atom stereocenters. The molecule has 1 heterocycles. The van der Waals surface area contributed by atoms with Crippen molar-refractivity contribution in [1.29, 1.82) is 0 Å². The van der Waals surface area contributed by atoms with Crippen molar-refractivity contribution < 1.29 is 14.4 Å². The first-order valence-corrected chi connectivity index (χ1v) is 9.42. The van der Waals surface area contributed by atoms with Crippen LogP contribution in [-0.2, 0) is 14.4 Å². The zero-order valence-corrected chi connectivity index (χ0v) is 13.8. The second-order valence-corrected chi connectivity index (χ2v) is 7.33. The van der Waals surface area contributed by atoms with Crippen molar-refractivity contribution in [2.45, 2.75) is 82.5 Å². The molecule has 1 saturated heterocycles. The first-order valence-electron chi connectivity index (χ1n) is 8.37.